The molecule has 0 heterocycles. The molecule has 2 rings (SSSR count). The Balaban J connectivity index is 2.52. The predicted molar refractivity (Wildman–Crippen MR) is 70.5 cm³/mol. The lowest BCUT2D eigenvalue weighted by Crippen LogP contribution is -2.13. The summed E-state index contributed by atoms with van der Waals surface area (Å²) in [5.41, 5.74) is 0.181. The zero-order valence-electron chi connectivity index (χ0n) is 10.6. The highest BCUT2D eigenvalue weighted by molar-refractivity contribution is 6.13. The molecule has 0 spiro atoms. The molecule has 0 unspecified atom stereocenters. The summed E-state index contributed by atoms with van der Waals surface area (Å²) >= 11 is 0. The molecule has 0 bridgehead atoms. The van der Waals surface area contributed by atoms with Gasteiger partial charge < -0.3 is 5.32 Å². The molecule has 0 saturated carbocycles. The van der Waals surface area contributed by atoms with E-state index in [0.29, 0.717) is 5.56 Å². The SMILES string of the molecule is CC(=O)Nc1cc(F)c(F)cc1C(=O)c1ccccc1. The van der Waals surface area contributed by atoms with Gasteiger partial charge in [-0.3, -0.25) is 9.59 Å². The van der Waals surface area contributed by atoms with Crippen molar-refractivity contribution in [2.24, 2.45) is 0 Å². The van der Waals surface area contributed by atoms with E-state index in [0.717, 1.165) is 12.1 Å². The first-order valence-corrected chi connectivity index (χ1v) is 5.85. The van der Waals surface area contributed by atoms with Crippen molar-refractivity contribution in [3.8, 4) is 0 Å². The molecular formula is C15H11F2NO2. The third kappa shape index (κ3) is 2.88. The average Bonchev–Trinajstić information content (AvgIpc) is 2.42. The Morgan fingerprint density at radius 3 is 2.20 bits per heavy atom. The second kappa shape index (κ2) is 5.61. The number of anilines is 1. The zero-order valence-corrected chi connectivity index (χ0v) is 10.6. The van der Waals surface area contributed by atoms with E-state index in [4.69, 9.17) is 0 Å². The molecule has 0 aromatic heterocycles. The monoisotopic (exact) mass is 275 g/mol. The molecule has 5 heteroatoms. The molecule has 0 saturated heterocycles. The number of halogens is 2. The lowest BCUT2D eigenvalue weighted by atomic mass is 10.0. The first-order chi connectivity index (χ1) is 9.49. The molecule has 0 aliphatic carbocycles. The molecular weight excluding hydrogens is 264 g/mol. The molecule has 0 aliphatic rings. The number of ketones is 1. The Hall–Kier alpha value is -2.56. The molecule has 1 amide bonds. The largest absolute Gasteiger partial charge is 0.326 e. The topological polar surface area (TPSA) is 46.2 Å². The van der Waals surface area contributed by atoms with Gasteiger partial charge in [-0.2, -0.15) is 0 Å². The smallest absolute Gasteiger partial charge is 0.221 e. The summed E-state index contributed by atoms with van der Waals surface area (Å²) in [5, 5.41) is 2.33. The van der Waals surface area contributed by atoms with Crippen LogP contribution in [-0.4, -0.2) is 11.7 Å². The van der Waals surface area contributed by atoms with Gasteiger partial charge in [-0.1, -0.05) is 30.3 Å². The van der Waals surface area contributed by atoms with Gasteiger partial charge in [0.15, 0.2) is 17.4 Å². The summed E-state index contributed by atoms with van der Waals surface area (Å²) in [7, 11) is 0. The number of carbonyl (C=O) groups excluding carboxylic acids is 2. The van der Waals surface area contributed by atoms with Gasteiger partial charge in [0.05, 0.1) is 5.69 Å². The van der Waals surface area contributed by atoms with Crippen LogP contribution >= 0.6 is 0 Å². The number of carbonyl (C=O) groups is 2. The standard InChI is InChI=1S/C15H11F2NO2/c1-9(19)18-14-8-13(17)12(16)7-11(14)15(20)10-5-3-2-4-6-10/h2-8H,1H3,(H,18,19). The van der Waals surface area contributed by atoms with Gasteiger partial charge in [-0.05, 0) is 6.07 Å². The van der Waals surface area contributed by atoms with Crippen molar-refractivity contribution < 1.29 is 18.4 Å². The fraction of sp³-hybridized carbons (Fsp3) is 0.0667. The second-order valence-electron chi connectivity index (χ2n) is 4.19. The van der Waals surface area contributed by atoms with Crippen LogP contribution in [0, 0.1) is 11.6 Å². The van der Waals surface area contributed by atoms with Crippen LogP contribution in [0.3, 0.4) is 0 Å². The van der Waals surface area contributed by atoms with E-state index in [1.807, 2.05) is 0 Å². The van der Waals surface area contributed by atoms with Crippen LogP contribution in [0.1, 0.15) is 22.8 Å². The Bertz CT molecular complexity index is 669. The molecule has 20 heavy (non-hydrogen) atoms. The Morgan fingerprint density at radius 1 is 1.00 bits per heavy atom. The van der Waals surface area contributed by atoms with Crippen molar-refractivity contribution in [1.29, 1.82) is 0 Å². The van der Waals surface area contributed by atoms with Gasteiger partial charge in [0.1, 0.15) is 0 Å². The quantitative estimate of drug-likeness (QED) is 0.875. The Kier molecular flexibility index (Phi) is 3.89. The van der Waals surface area contributed by atoms with E-state index in [9.17, 15) is 18.4 Å². The summed E-state index contributed by atoms with van der Waals surface area (Å²) in [5.74, 6) is -3.23. The van der Waals surface area contributed by atoms with Crippen molar-refractivity contribution >= 4 is 17.4 Å². The third-order valence-corrected chi connectivity index (χ3v) is 2.65. The average molecular weight is 275 g/mol. The molecule has 0 fully saturated rings. The number of rotatable bonds is 3. The van der Waals surface area contributed by atoms with E-state index < -0.39 is 23.3 Å². The maximum Gasteiger partial charge on any atom is 0.221 e. The lowest BCUT2D eigenvalue weighted by molar-refractivity contribution is -0.114. The normalized spacial score (nSPS) is 10.2. The van der Waals surface area contributed by atoms with Crippen LogP contribution in [0.25, 0.3) is 0 Å². The molecule has 0 atom stereocenters. The van der Waals surface area contributed by atoms with E-state index in [-0.39, 0.29) is 11.3 Å². The number of amides is 1. The van der Waals surface area contributed by atoms with Crippen LogP contribution in [0.15, 0.2) is 42.5 Å². The third-order valence-electron chi connectivity index (χ3n) is 2.65. The van der Waals surface area contributed by atoms with Crippen LogP contribution in [0.4, 0.5) is 14.5 Å². The summed E-state index contributed by atoms with van der Waals surface area (Å²) in [6.45, 7) is 1.22. The highest BCUT2D eigenvalue weighted by atomic mass is 19.2. The molecule has 2 aromatic carbocycles. The molecule has 102 valence electrons. The van der Waals surface area contributed by atoms with E-state index in [1.54, 1.807) is 30.3 Å². The number of nitrogens with one attached hydrogen (secondary N) is 1. The summed E-state index contributed by atoms with van der Waals surface area (Å²) < 4.78 is 26.6. The van der Waals surface area contributed by atoms with E-state index in [2.05, 4.69) is 5.32 Å². The number of hydrogen-bond acceptors (Lipinski definition) is 2. The van der Waals surface area contributed by atoms with Crippen LogP contribution in [0.2, 0.25) is 0 Å². The van der Waals surface area contributed by atoms with Crippen molar-refractivity contribution in [1.82, 2.24) is 0 Å². The van der Waals surface area contributed by atoms with E-state index >= 15 is 0 Å². The summed E-state index contributed by atoms with van der Waals surface area (Å²) in [4.78, 5) is 23.4. The molecule has 2 aromatic rings. The Labute approximate surface area is 114 Å². The number of hydrogen-bond donors (Lipinski definition) is 1. The van der Waals surface area contributed by atoms with Crippen molar-refractivity contribution in [2.75, 3.05) is 5.32 Å². The first kappa shape index (κ1) is 13.9. The van der Waals surface area contributed by atoms with Gasteiger partial charge in [0.25, 0.3) is 0 Å². The fourth-order valence-electron chi connectivity index (χ4n) is 1.77. The van der Waals surface area contributed by atoms with Gasteiger partial charge in [-0.15, -0.1) is 0 Å². The Morgan fingerprint density at radius 2 is 1.60 bits per heavy atom. The first-order valence-electron chi connectivity index (χ1n) is 5.85. The lowest BCUT2D eigenvalue weighted by Gasteiger charge is -2.10. The maximum atomic E-state index is 13.3. The summed E-state index contributed by atoms with van der Waals surface area (Å²) in [6.07, 6.45) is 0. The van der Waals surface area contributed by atoms with Crippen LogP contribution in [0.5, 0.6) is 0 Å². The minimum Gasteiger partial charge on any atom is -0.326 e. The van der Waals surface area contributed by atoms with Crippen LogP contribution < -0.4 is 5.32 Å². The van der Waals surface area contributed by atoms with Gasteiger partial charge in [0.2, 0.25) is 5.91 Å². The molecule has 1 N–H and O–H groups in total. The van der Waals surface area contributed by atoms with Gasteiger partial charge in [0, 0.05) is 24.1 Å². The minimum absolute atomic E-state index is 0.0507. The second-order valence-corrected chi connectivity index (χ2v) is 4.19. The highest BCUT2D eigenvalue weighted by Crippen LogP contribution is 2.23. The fourth-order valence-corrected chi connectivity index (χ4v) is 1.77. The number of benzene rings is 2. The van der Waals surface area contributed by atoms with Crippen LogP contribution in [-0.2, 0) is 4.79 Å². The van der Waals surface area contributed by atoms with Gasteiger partial charge in [-0.25, -0.2) is 8.78 Å². The maximum absolute atomic E-state index is 13.3. The summed E-state index contributed by atoms with van der Waals surface area (Å²) in [6, 6.07) is 9.75. The van der Waals surface area contributed by atoms with Crippen molar-refractivity contribution in [2.45, 2.75) is 6.92 Å². The van der Waals surface area contributed by atoms with Crippen molar-refractivity contribution in [3.63, 3.8) is 0 Å². The zero-order chi connectivity index (χ0) is 14.7. The predicted octanol–water partition coefficient (Wildman–Crippen LogP) is 3.15. The molecule has 0 radical (unpaired) electrons. The van der Waals surface area contributed by atoms with E-state index in [1.165, 1.54) is 6.92 Å². The minimum atomic E-state index is -1.14. The van der Waals surface area contributed by atoms with Crippen molar-refractivity contribution in [3.05, 3.63) is 65.2 Å². The molecule has 0 aliphatic heterocycles. The molecule has 3 nitrogen and oxygen atoms in total. The highest BCUT2D eigenvalue weighted by Gasteiger charge is 2.18. The van der Waals surface area contributed by atoms with Gasteiger partial charge >= 0.3 is 0 Å².